The second-order valence-corrected chi connectivity index (χ2v) is 6.29. The molecule has 0 aliphatic heterocycles. The molecular formula is C12H23NO3S. The Kier molecular flexibility index (Phi) is 5.76. The van der Waals surface area contributed by atoms with Crippen LogP contribution in [0.3, 0.4) is 0 Å². The first-order chi connectivity index (χ1) is 7.97. The number of hydrogen-bond donors (Lipinski definition) is 3. The lowest BCUT2D eigenvalue weighted by molar-refractivity contribution is -0.144. The quantitative estimate of drug-likeness (QED) is 0.673. The number of hydrogen-bond acceptors (Lipinski definition) is 4. The van der Waals surface area contributed by atoms with E-state index < -0.39 is 11.6 Å². The van der Waals surface area contributed by atoms with Crippen LogP contribution in [0.15, 0.2) is 0 Å². The van der Waals surface area contributed by atoms with Crippen LogP contribution in [0.25, 0.3) is 0 Å². The molecule has 3 N–H and O–H groups in total. The number of nitrogens with one attached hydrogen (secondary N) is 1. The molecule has 0 amide bonds. The third-order valence-corrected chi connectivity index (χ3v) is 4.53. The summed E-state index contributed by atoms with van der Waals surface area (Å²) in [7, 11) is 0. The predicted octanol–water partition coefficient (Wildman–Crippen LogP) is 1.33. The van der Waals surface area contributed by atoms with E-state index in [2.05, 4.69) is 18.5 Å². The maximum absolute atomic E-state index is 10.8. The van der Waals surface area contributed by atoms with Crippen LogP contribution in [-0.2, 0) is 4.79 Å². The molecule has 1 atom stereocenters. The number of thioether (sulfide) groups is 1. The van der Waals surface area contributed by atoms with Gasteiger partial charge in [-0.2, -0.15) is 11.8 Å². The van der Waals surface area contributed by atoms with E-state index in [0.717, 1.165) is 6.54 Å². The minimum Gasteiger partial charge on any atom is -0.481 e. The van der Waals surface area contributed by atoms with Crippen molar-refractivity contribution in [3.63, 3.8) is 0 Å². The molecule has 1 rings (SSSR count). The van der Waals surface area contributed by atoms with E-state index in [1.807, 2.05) is 0 Å². The van der Waals surface area contributed by atoms with Gasteiger partial charge in [-0.15, -0.1) is 0 Å². The Balaban J connectivity index is 2.27. The molecule has 1 aliphatic carbocycles. The van der Waals surface area contributed by atoms with Crippen molar-refractivity contribution in [2.45, 2.75) is 43.5 Å². The SMILES string of the molecule is CSC(C)CNCC1(O)CCC(C(=O)O)CC1. The van der Waals surface area contributed by atoms with Gasteiger partial charge < -0.3 is 15.5 Å². The van der Waals surface area contributed by atoms with E-state index in [1.165, 1.54) is 0 Å². The maximum atomic E-state index is 10.8. The van der Waals surface area contributed by atoms with Crippen LogP contribution >= 0.6 is 11.8 Å². The number of carbonyl (C=O) groups is 1. The van der Waals surface area contributed by atoms with Crippen molar-refractivity contribution in [2.24, 2.45) is 5.92 Å². The zero-order valence-corrected chi connectivity index (χ0v) is 11.4. The molecule has 0 aromatic rings. The molecule has 0 saturated heterocycles. The topological polar surface area (TPSA) is 69.6 Å². The average molecular weight is 261 g/mol. The fourth-order valence-electron chi connectivity index (χ4n) is 2.17. The normalized spacial score (nSPS) is 31.1. The Morgan fingerprint density at radius 1 is 1.53 bits per heavy atom. The molecule has 5 heteroatoms. The summed E-state index contributed by atoms with van der Waals surface area (Å²) in [6.45, 7) is 3.60. The molecule has 4 nitrogen and oxygen atoms in total. The molecular weight excluding hydrogens is 238 g/mol. The molecule has 0 aromatic heterocycles. The lowest BCUT2D eigenvalue weighted by Crippen LogP contribution is -2.45. The van der Waals surface area contributed by atoms with Crippen LogP contribution in [0.5, 0.6) is 0 Å². The van der Waals surface area contributed by atoms with Gasteiger partial charge in [0.1, 0.15) is 0 Å². The van der Waals surface area contributed by atoms with Crippen molar-refractivity contribution in [3.05, 3.63) is 0 Å². The Bertz CT molecular complexity index is 252. The molecule has 0 spiro atoms. The largest absolute Gasteiger partial charge is 0.481 e. The number of aliphatic carboxylic acids is 1. The summed E-state index contributed by atoms with van der Waals surface area (Å²) >= 11 is 1.79. The van der Waals surface area contributed by atoms with Gasteiger partial charge >= 0.3 is 5.97 Å². The monoisotopic (exact) mass is 261 g/mol. The zero-order valence-electron chi connectivity index (χ0n) is 10.6. The highest BCUT2D eigenvalue weighted by atomic mass is 32.2. The fourth-order valence-corrected chi connectivity index (χ4v) is 2.45. The first-order valence-electron chi connectivity index (χ1n) is 6.15. The second-order valence-electron chi connectivity index (χ2n) is 5.01. The average Bonchev–Trinajstić information content (AvgIpc) is 2.29. The molecule has 17 heavy (non-hydrogen) atoms. The Morgan fingerprint density at radius 3 is 2.59 bits per heavy atom. The van der Waals surface area contributed by atoms with Crippen molar-refractivity contribution >= 4 is 17.7 Å². The Labute approximate surface area is 107 Å². The van der Waals surface area contributed by atoms with Gasteiger partial charge in [-0.3, -0.25) is 4.79 Å². The first kappa shape index (κ1) is 14.8. The fraction of sp³-hybridized carbons (Fsp3) is 0.917. The third-order valence-electron chi connectivity index (χ3n) is 3.55. The highest BCUT2D eigenvalue weighted by molar-refractivity contribution is 7.99. The minimum atomic E-state index is -0.726. The predicted molar refractivity (Wildman–Crippen MR) is 70.4 cm³/mol. The summed E-state index contributed by atoms with van der Waals surface area (Å²) in [6.07, 6.45) is 4.42. The van der Waals surface area contributed by atoms with Crippen molar-refractivity contribution in [3.8, 4) is 0 Å². The summed E-state index contributed by atoms with van der Waals surface area (Å²) < 4.78 is 0. The Hall–Kier alpha value is -0.260. The van der Waals surface area contributed by atoms with Crippen molar-refractivity contribution < 1.29 is 15.0 Å². The molecule has 100 valence electrons. The summed E-state index contributed by atoms with van der Waals surface area (Å²) in [5.74, 6) is -0.989. The number of carboxylic acids is 1. The van der Waals surface area contributed by atoms with Crippen LogP contribution in [-0.4, -0.2) is 46.4 Å². The van der Waals surface area contributed by atoms with Gasteiger partial charge in [0.15, 0.2) is 0 Å². The maximum Gasteiger partial charge on any atom is 0.306 e. The molecule has 0 aromatic carbocycles. The highest BCUT2D eigenvalue weighted by Crippen LogP contribution is 2.31. The smallest absolute Gasteiger partial charge is 0.306 e. The van der Waals surface area contributed by atoms with E-state index in [-0.39, 0.29) is 5.92 Å². The van der Waals surface area contributed by atoms with Crippen LogP contribution in [0.2, 0.25) is 0 Å². The van der Waals surface area contributed by atoms with Gasteiger partial charge in [0, 0.05) is 18.3 Å². The van der Waals surface area contributed by atoms with Crippen LogP contribution in [0.4, 0.5) is 0 Å². The highest BCUT2D eigenvalue weighted by Gasteiger charge is 2.35. The summed E-state index contributed by atoms with van der Waals surface area (Å²) in [5, 5.41) is 23.0. The standard InChI is InChI=1S/C12H23NO3S/c1-9(17-2)7-13-8-12(16)5-3-10(4-6-12)11(14)15/h9-10,13,16H,3-8H2,1-2H3,(H,14,15). The van der Waals surface area contributed by atoms with Crippen LogP contribution in [0, 0.1) is 5.92 Å². The van der Waals surface area contributed by atoms with Gasteiger partial charge in [0.2, 0.25) is 0 Å². The van der Waals surface area contributed by atoms with Crippen LogP contribution < -0.4 is 5.32 Å². The molecule has 1 unspecified atom stereocenters. The number of carboxylic acid groups (broad SMARTS) is 1. The van der Waals surface area contributed by atoms with Crippen molar-refractivity contribution in [1.82, 2.24) is 5.32 Å². The number of aliphatic hydroxyl groups is 1. The molecule has 0 radical (unpaired) electrons. The molecule has 1 fully saturated rings. The summed E-state index contributed by atoms with van der Waals surface area (Å²) in [5.41, 5.74) is -0.704. The molecule has 1 aliphatic rings. The second kappa shape index (κ2) is 6.61. The van der Waals surface area contributed by atoms with Crippen molar-refractivity contribution in [2.75, 3.05) is 19.3 Å². The summed E-state index contributed by atoms with van der Waals surface area (Å²) in [4.78, 5) is 10.8. The number of rotatable bonds is 6. The van der Waals surface area contributed by atoms with Crippen molar-refractivity contribution in [1.29, 1.82) is 0 Å². The van der Waals surface area contributed by atoms with E-state index in [0.29, 0.717) is 37.5 Å². The lowest BCUT2D eigenvalue weighted by Gasteiger charge is -2.35. The van der Waals surface area contributed by atoms with E-state index in [4.69, 9.17) is 5.11 Å². The van der Waals surface area contributed by atoms with Gasteiger partial charge in [-0.1, -0.05) is 6.92 Å². The van der Waals surface area contributed by atoms with E-state index >= 15 is 0 Å². The molecule has 0 heterocycles. The van der Waals surface area contributed by atoms with Gasteiger partial charge in [-0.25, -0.2) is 0 Å². The summed E-state index contributed by atoms with van der Waals surface area (Å²) in [6, 6.07) is 0. The Morgan fingerprint density at radius 2 is 2.12 bits per heavy atom. The van der Waals surface area contributed by atoms with Gasteiger partial charge in [0.05, 0.1) is 11.5 Å². The third kappa shape index (κ3) is 4.85. The molecule has 1 saturated carbocycles. The molecule has 0 bridgehead atoms. The van der Waals surface area contributed by atoms with E-state index in [1.54, 1.807) is 11.8 Å². The van der Waals surface area contributed by atoms with E-state index in [9.17, 15) is 9.90 Å². The minimum absolute atomic E-state index is 0.264. The lowest BCUT2D eigenvalue weighted by atomic mass is 9.79. The zero-order chi connectivity index (χ0) is 12.9. The van der Waals surface area contributed by atoms with Crippen LogP contribution in [0.1, 0.15) is 32.6 Å². The van der Waals surface area contributed by atoms with Gasteiger partial charge in [0.25, 0.3) is 0 Å². The van der Waals surface area contributed by atoms with Gasteiger partial charge in [-0.05, 0) is 31.9 Å². The first-order valence-corrected chi connectivity index (χ1v) is 7.44.